The second-order valence-corrected chi connectivity index (χ2v) is 8.67. The number of nitrogens with zero attached hydrogens (tertiary/aromatic N) is 2. The van der Waals surface area contributed by atoms with Crippen LogP contribution in [0.3, 0.4) is 0 Å². The average molecular weight is 320 g/mol. The molecule has 1 unspecified atom stereocenters. The molecule has 1 aromatic rings. The quantitative estimate of drug-likeness (QED) is 0.764. The first-order valence-corrected chi connectivity index (χ1v) is 9.72. The molecule has 106 valence electrons. The maximum Gasteiger partial charge on any atom is 0.233 e. The normalized spacial score (nSPS) is 21.4. The molecule has 5 nitrogen and oxygen atoms in total. The molecule has 0 aromatic carbocycles. The molecule has 0 bridgehead atoms. The van der Waals surface area contributed by atoms with E-state index in [9.17, 15) is 13.2 Å². The van der Waals surface area contributed by atoms with Crippen molar-refractivity contribution in [2.24, 2.45) is 0 Å². The number of aromatic nitrogens is 1. The standard InChI is InChI=1S/C11H16N2O3S3/c1-2-13(9-3-6-19(15,16)8-9)10(14)7-18-11-12-4-5-17-11/h4-5,9H,2-3,6-8H2,1H3. The summed E-state index contributed by atoms with van der Waals surface area (Å²) in [5, 5.41) is 1.87. The van der Waals surface area contributed by atoms with Crippen molar-refractivity contribution < 1.29 is 13.2 Å². The molecule has 0 saturated carbocycles. The van der Waals surface area contributed by atoms with E-state index >= 15 is 0 Å². The summed E-state index contributed by atoms with van der Waals surface area (Å²) in [7, 11) is -2.95. The van der Waals surface area contributed by atoms with Crippen LogP contribution < -0.4 is 0 Å². The fraction of sp³-hybridized carbons (Fsp3) is 0.636. The molecule has 0 spiro atoms. The van der Waals surface area contributed by atoms with Crippen LogP contribution in [0.1, 0.15) is 13.3 Å². The van der Waals surface area contributed by atoms with Gasteiger partial charge in [0.2, 0.25) is 5.91 Å². The van der Waals surface area contributed by atoms with Crippen molar-refractivity contribution in [3.8, 4) is 0 Å². The maximum absolute atomic E-state index is 12.2. The molecule has 2 heterocycles. The highest BCUT2D eigenvalue weighted by Crippen LogP contribution is 2.23. The largest absolute Gasteiger partial charge is 0.338 e. The Balaban J connectivity index is 1.92. The Morgan fingerprint density at radius 2 is 2.42 bits per heavy atom. The molecule has 1 aliphatic heterocycles. The van der Waals surface area contributed by atoms with Crippen molar-refractivity contribution in [1.29, 1.82) is 0 Å². The van der Waals surface area contributed by atoms with Crippen LogP contribution in [0.2, 0.25) is 0 Å². The number of sulfone groups is 1. The molecule has 0 radical (unpaired) electrons. The first-order valence-electron chi connectivity index (χ1n) is 6.04. The summed E-state index contributed by atoms with van der Waals surface area (Å²) in [6, 6.07) is -0.153. The maximum atomic E-state index is 12.2. The molecule has 0 aliphatic carbocycles. The van der Waals surface area contributed by atoms with Gasteiger partial charge in [0.15, 0.2) is 9.84 Å². The van der Waals surface area contributed by atoms with Gasteiger partial charge < -0.3 is 4.90 Å². The predicted octanol–water partition coefficient (Wildman–Crippen LogP) is 1.27. The fourth-order valence-electron chi connectivity index (χ4n) is 2.15. The molecule has 8 heteroatoms. The first-order chi connectivity index (χ1) is 9.02. The average Bonchev–Trinajstić information content (AvgIpc) is 2.97. The molecule has 1 amide bonds. The van der Waals surface area contributed by atoms with E-state index in [1.807, 2.05) is 12.3 Å². The van der Waals surface area contributed by atoms with Crippen LogP contribution in [0.4, 0.5) is 0 Å². The van der Waals surface area contributed by atoms with Gasteiger partial charge in [-0.3, -0.25) is 4.79 Å². The number of thiazole rings is 1. The van der Waals surface area contributed by atoms with Crippen LogP contribution in [-0.4, -0.2) is 54.1 Å². The highest BCUT2D eigenvalue weighted by Gasteiger charge is 2.33. The highest BCUT2D eigenvalue weighted by molar-refractivity contribution is 8.01. The molecule has 1 saturated heterocycles. The lowest BCUT2D eigenvalue weighted by Crippen LogP contribution is -2.41. The van der Waals surface area contributed by atoms with Gasteiger partial charge in [-0.2, -0.15) is 0 Å². The van der Waals surface area contributed by atoms with Gasteiger partial charge in [-0.05, 0) is 13.3 Å². The van der Waals surface area contributed by atoms with Gasteiger partial charge in [-0.25, -0.2) is 13.4 Å². The van der Waals surface area contributed by atoms with Crippen LogP contribution in [0.5, 0.6) is 0 Å². The molecule has 1 aromatic heterocycles. The summed E-state index contributed by atoms with van der Waals surface area (Å²) in [4.78, 5) is 17.9. The number of amides is 1. The first kappa shape index (κ1) is 14.8. The lowest BCUT2D eigenvalue weighted by molar-refractivity contribution is -0.129. The second-order valence-electron chi connectivity index (χ2n) is 4.32. The van der Waals surface area contributed by atoms with E-state index in [4.69, 9.17) is 0 Å². The number of carbonyl (C=O) groups is 1. The van der Waals surface area contributed by atoms with Crippen LogP contribution in [0.25, 0.3) is 0 Å². The third kappa shape index (κ3) is 3.93. The molecule has 2 rings (SSSR count). The number of rotatable bonds is 5. The summed E-state index contributed by atoms with van der Waals surface area (Å²) in [5.74, 6) is 0.609. The smallest absolute Gasteiger partial charge is 0.233 e. The van der Waals surface area contributed by atoms with Gasteiger partial charge in [0, 0.05) is 24.2 Å². The molecule has 19 heavy (non-hydrogen) atoms. The number of thioether (sulfide) groups is 1. The monoisotopic (exact) mass is 320 g/mol. The Morgan fingerprint density at radius 3 is 2.95 bits per heavy atom. The van der Waals surface area contributed by atoms with E-state index in [0.717, 1.165) is 4.34 Å². The Morgan fingerprint density at radius 1 is 1.63 bits per heavy atom. The van der Waals surface area contributed by atoms with Crippen molar-refractivity contribution in [3.05, 3.63) is 11.6 Å². The Bertz CT molecular complexity index is 527. The van der Waals surface area contributed by atoms with Crippen LogP contribution in [0, 0.1) is 0 Å². The topological polar surface area (TPSA) is 67.3 Å². The number of hydrogen-bond acceptors (Lipinski definition) is 6. The number of hydrogen-bond donors (Lipinski definition) is 0. The van der Waals surface area contributed by atoms with E-state index in [-0.39, 0.29) is 23.5 Å². The lowest BCUT2D eigenvalue weighted by Gasteiger charge is -2.26. The molecule has 1 atom stereocenters. The van der Waals surface area contributed by atoms with E-state index in [1.165, 1.54) is 23.1 Å². The molecular weight excluding hydrogens is 304 g/mol. The van der Waals surface area contributed by atoms with E-state index in [0.29, 0.717) is 18.7 Å². The van der Waals surface area contributed by atoms with Crippen molar-refractivity contribution in [2.75, 3.05) is 23.8 Å². The van der Waals surface area contributed by atoms with Crippen molar-refractivity contribution in [2.45, 2.75) is 23.7 Å². The van der Waals surface area contributed by atoms with E-state index in [2.05, 4.69) is 4.98 Å². The third-order valence-electron chi connectivity index (χ3n) is 3.04. The van der Waals surface area contributed by atoms with Crippen molar-refractivity contribution in [1.82, 2.24) is 9.88 Å². The van der Waals surface area contributed by atoms with Gasteiger partial charge >= 0.3 is 0 Å². The molecule has 0 N–H and O–H groups in total. The van der Waals surface area contributed by atoms with Gasteiger partial charge in [0.1, 0.15) is 4.34 Å². The summed E-state index contributed by atoms with van der Waals surface area (Å²) >= 11 is 2.91. The zero-order valence-electron chi connectivity index (χ0n) is 10.6. The summed E-state index contributed by atoms with van der Waals surface area (Å²) in [5.41, 5.74) is 0. The SMILES string of the molecule is CCN(C(=O)CSc1nccs1)C1CCS(=O)(=O)C1. The van der Waals surface area contributed by atoms with Gasteiger partial charge in [-0.1, -0.05) is 11.8 Å². The van der Waals surface area contributed by atoms with Crippen LogP contribution in [-0.2, 0) is 14.6 Å². The predicted molar refractivity (Wildman–Crippen MR) is 77.3 cm³/mol. The molecule has 1 fully saturated rings. The zero-order valence-corrected chi connectivity index (χ0v) is 13.1. The minimum atomic E-state index is -2.95. The van der Waals surface area contributed by atoms with Gasteiger partial charge in [0.25, 0.3) is 0 Å². The van der Waals surface area contributed by atoms with Crippen LogP contribution in [0.15, 0.2) is 15.9 Å². The molecular formula is C11H16N2O3S3. The Kier molecular flexibility index (Phi) is 4.86. The van der Waals surface area contributed by atoms with Crippen molar-refractivity contribution >= 4 is 38.8 Å². The second kappa shape index (κ2) is 6.23. The van der Waals surface area contributed by atoms with Crippen molar-refractivity contribution in [3.63, 3.8) is 0 Å². The summed E-state index contributed by atoms with van der Waals surface area (Å²) < 4.78 is 23.8. The van der Waals surface area contributed by atoms with Gasteiger partial charge in [0.05, 0.1) is 17.3 Å². The van der Waals surface area contributed by atoms with E-state index in [1.54, 1.807) is 11.1 Å². The fourth-order valence-corrected chi connectivity index (χ4v) is 5.40. The summed E-state index contributed by atoms with van der Waals surface area (Å²) in [6.07, 6.45) is 2.27. The Labute approximate surface area is 121 Å². The summed E-state index contributed by atoms with van der Waals surface area (Å²) in [6.45, 7) is 2.44. The lowest BCUT2D eigenvalue weighted by atomic mass is 10.2. The van der Waals surface area contributed by atoms with Crippen LogP contribution >= 0.6 is 23.1 Å². The van der Waals surface area contributed by atoms with E-state index < -0.39 is 9.84 Å². The highest BCUT2D eigenvalue weighted by atomic mass is 32.2. The third-order valence-corrected chi connectivity index (χ3v) is 6.74. The molecule has 1 aliphatic rings. The van der Waals surface area contributed by atoms with Gasteiger partial charge in [-0.15, -0.1) is 11.3 Å². The minimum absolute atomic E-state index is 0.00944. The Hall–Kier alpha value is -0.600. The minimum Gasteiger partial charge on any atom is -0.338 e. The number of carbonyl (C=O) groups excluding carboxylic acids is 1. The zero-order chi connectivity index (χ0) is 13.9.